The molecule has 0 atom stereocenters. The van der Waals surface area contributed by atoms with Crippen molar-refractivity contribution < 1.29 is 9.53 Å². The van der Waals surface area contributed by atoms with E-state index >= 15 is 0 Å². The van der Waals surface area contributed by atoms with Gasteiger partial charge in [-0.25, -0.2) is 0 Å². The Morgan fingerprint density at radius 3 is 2.41 bits per heavy atom. The van der Waals surface area contributed by atoms with E-state index in [2.05, 4.69) is 26.1 Å². The molecule has 0 spiro atoms. The smallest absolute Gasteiger partial charge is 0.211 e. The van der Waals surface area contributed by atoms with Gasteiger partial charge in [0.15, 0.2) is 0 Å². The van der Waals surface area contributed by atoms with Gasteiger partial charge in [0.1, 0.15) is 5.75 Å². The lowest BCUT2D eigenvalue weighted by molar-refractivity contribution is -0.105. The minimum atomic E-state index is 0.594. The summed E-state index contributed by atoms with van der Waals surface area (Å²) in [5.41, 5.74) is 1.81. The van der Waals surface area contributed by atoms with E-state index in [1.807, 2.05) is 32.0 Å². The average Bonchev–Trinajstić information content (AvgIpc) is 2.22. The van der Waals surface area contributed by atoms with Crippen LogP contribution in [-0.4, -0.2) is 13.0 Å². The van der Waals surface area contributed by atoms with Gasteiger partial charge in [-0.3, -0.25) is 4.79 Å². The summed E-state index contributed by atoms with van der Waals surface area (Å²) in [4.78, 5) is 10.3. The molecule has 0 radical (unpaired) electrons. The largest absolute Gasteiger partial charge is 0.492 e. The first-order chi connectivity index (χ1) is 8.01. The molecule has 0 aliphatic heterocycles. The first-order valence-corrected chi connectivity index (χ1v) is 5.94. The van der Waals surface area contributed by atoms with Crippen LogP contribution in [0.25, 0.3) is 0 Å². The maximum atomic E-state index is 10.3. The predicted molar refractivity (Wildman–Crippen MR) is 72.5 cm³/mol. The lowest BCUT2D eigenvalue weighted by atomic mass is 10.2. The molecule has 3 nitrogen and oxygen atoms in total. The number of rotatable bonds is 4. The van der Waals surface area contributed by atoms with E-state index in [4.69, 9.17) is 4.74 Å². The Hall–Kier alpha value is -1.51. The van der Waals surface area contributed by atoms with Crippen LogP contribution in [0.4, 0.5) is 5.69 Å². The van der Waals surface area contributed by atoms with Crippen molar-refractivity contribution in [2.24, 2.45) is 5.92 Å². The van der Waals surface area contributed by atoms with Crippen LogP contribution in [0.2, 0.25) is 0 Å². The number of amides is 1. The molecule has 3 heteroatoms. The fourth-order valence-corrected chi connectivity index (χ4v) is 1.10. The molecule has 0 aromatic heterocycles. The van der Waals surface area contributed by atoms with Gasteiger partial charge in [-0.05, 0) is 37.5 Å². The maximum Gasteiger partial charge on any atom is 0.211 e. The first kappa shape index (κ1) is 15.5. The van der Waals surface area contributed by atoms with Crippen molar-refractivity contribution in [1.82, 2.24) is 0 Å². The molecule has 0 bridgehead atoms. The molecular weight excluding hydrogens is 214 g/mol. The second kappa shape index (κ2) is 8.62. The normalized spacial score (nSPS) is 9.29. The highest BCUT2D eigenvalue weighted by Gasteiger charge is 2.01. The third-order valence-corrected chi connectivity index (χ3v) is 1.65. The zero-order chi connectivity index (χ0) is 13.3. The number of benzene rings is 1. The standard InChI is InChI=1S/C10H13NO2.C4H10/c1-3-13-10-5-4-8(2)6-9(10)11-7-12;1-4(2)3/h4-7H,3H2,1-2H3,(H,11,12);4H,1-3H3. The van der Waals surface area contributed by atoms with Gasteiger partial charge in [-0.1, -0.05) is 26.8 Å². The van der Waals surface area contributed by atoms with E-state index in [1.54, 1.807) is 0 Å². The molecule has 0 aliphatic carbocycles. The Morgan fingerprint density at radius 1 is 1.35 bits per heavy atom. The van der Waals surface area contributed by atoms with Crippen LogP contribution in [0.15, 0.2) is 18.2 Å². The predicted octanol–water partition coefficient (Wildman–Crippen LogP) is 3.62. The minimum Gasteiger partial charge on any atom is -0.492 e. The highest BCUT2D eigenvalue weighted by Crippen LogP contribution is 2.24. The molecule has 1 N–H and O–H groups in total. The van der Waals surface area contributed by atoms with Crippen molar-refractivity contribution in [2.45, 2.75) is 34.6 Å². The van der Waals surface area contributed by atoms with E-state index in [0.717, 1.165) is 17.2 Å². The van der Waals surface area contributed by atoms with Gasteiger partial charge in [0.05, 0.1) is 12.3 Å². The SMILES string of the molecule is CC(C)C.CCOc1ccc(C)cc1NC=O. The lowest BCUT2D eigenvalue weighted by Crippen LogP contribution is -2.00. The maximum absolute atomic E-state index is 10.3. The second-order valence-electron chi connectivity index (χ2n) is 4.43. The zero-order valence-electron chi connectivity index (χ0n) is 11.4. The van der Waals surface area contributed by atoms with Gasteiger partial charge < -0.3 is 10.1 Å². The van der Waals surface area contributed by atoms with Gasteiger partial charge in [0.2, 0.25) is 6.41 Å². The summed E-state index contributed by atoms with van der Waals surface area (Å²) < 4.78 is 5.32. The highest BCUT2D eigenvalue weighted by atomic mass is 16.5. The molecule has 1 aromatic carbocycles. The Kier molecular flexibility index (Phi) is 7.85. The van der Waals surface area contributed by atoms with Crippen molar-refractivity contribution in [1.29, 1.82) is 0 Å². The molecule has 0 aliphatic rings. The van der Waals surface area contributed by atoms with Crippen LogP contribution >= 0.6 is 0 Å². The van der Waals surface area contributed by atoms with Crippen molar-refractivity contribution >= 4 is 12.1 Å². The molecule has 0 saturated heterocycles. The summed E-state index contributed by atoms with van der Waals surface area (Å²) >= 11 is 0. The van der Waals surface area contributed by atoms with Crippen LogP contribution in [0.3, 0.4) is 0 Å². The van der Waals surface area contributed by atoms with Gasteiger partial charge in [0.25, 0.3) is 0 Å². The van der Waals surface area contributed by atoms with E-state index < -0.39 is 0 Å². The molecular formula is C14H23NO2. The third-order valence-electron chi connectivity index (χ3n) is 1.65. The van der Waals surface area contributed by atoms with Crippen molar-refractivity contribution in [3.63, 3.8) is 0 Å². The van der Waals surface area contributed by atoms with Crippen LogP contribution in [0.1, 0.15) is 33.3 Å². The summed E-state index contributed by atoms with van der Waals surface area (Å²) in [6.07, 6.45) is 0.650. The fourth-order valence-electron chi connectivity index (χ4n) is 1.10. The monoisotopic (exact) mass is 237 g/mol. The van der Waals surface area contributed by atoms with E-state index in [1.165, 1.54) is 0 Å². The Bertz CT molecular complexity index is 332. The number of anilines is 1. The first-order valence-electron chi connectivity index (χ1n) is 5.94. The fraction of sp³-hybridized carbons (Fsp3) is 0.500. The molecule has 1 amide bonds. The molecule has 17 heavy (non-hydrogen) atoms. The van der Waals surface area contributed by atoms with Crippen LogP contribution in [0, 0.1) is 12.8 Å². The summed E-state index contributed by atoms with van der Waals surface area (Å²) in [5, 5.41) is 2.60. The zero-order valence-corrected chi connectivity index (χ0v) is 11.4. The van der Waals surface area contributed by atoms with Crippen molar-refractivity contribution in [3.05, 3.63) is 23.8 Å². The number of hydrogen-bond acceptors (Lipinski definition) is 2. The Labute approximate surface area is 104 Å². The third kappa shape index (κ3) is 7.39. The molecule has 0 heterocycles. The number of hydrogen-bond donors (Lipinski definition) is 1. The molecule has 1 aromatic rings. The van der Waals surface area contributed by atoms with Crippen molar-refractivity contribution in [3.8, 4) is 5.75 Å². The number of aryl methyl sites for hydroxylation is 1. The van der Waals surface area contributed by atoms with Gasteiger partial charge in [-0.2, -0.15) is 0 Å². The number of nitrogens with one attached hydrogen (secondary N) is 1. The summed E-state index contributed by atoms with van der Waals surface area (Å²) in [5.74, 6) is 1.54. The highest BCUT2D eigenvalue weighted by molar-refractivity contribution is 5.75. The number of ether oxygens (including phenoxy) is 1. The Morgan fingerprint density at radius 2 is 1.94 bits per heavy atom. The van der Waals surface area contributed by atoms with Crippen LogP contribution < -0.4 is 10.1 Å². The second-order valence-corrected chi connectivity index (χ2v) is 4.43. The van der Waals surface area contributed by atoms with E-state index in [-0.39, 0.29) is 0 Å². The lowest BCUT2D eigenvalue weighted by Gasteiger charge is -2.09. The summed E-state index contributed by atoms with van der Waals surface area (Å²) in [6.45, 7) is 11.0. The minimum absolute atomic E-state index is 0.594. The molecule has 0 unspecified atom stereocenters. The summed E-state index contributed by atoms with van der Waals surface area (Å²) in [7, 11) is 0. The van der Waals surface area contributed by atoms with Crippen LogP contribution in [-0.2, 0) is 4.79 Å². The molecule has 0 saturated carbocycles. The molecule has 96 valence electrons. The summed E-state index contributed by atoms with van der Waals surface area (Å²) in [6, 6.07) is 5.67. The van der Waals surface area contributed by atoms with E-state index in [9.17, 15) is 4.79 Å². The molecule has 1 rings (SSSR count). The number of carbonyl (C=O) groups is 1. The topological polar surface area (TPSA) is 38.3 Å². The van der Waals surface area contributed by atoms with Gasteiger partial charge in [-0.15, -0.1) is 0 Å². The molecule has 0 fully saturated rings. The average molecular weight is 237 g/mol. The van der Waals surface area contributed by atoms with Gasteiger partial charge >= 0.3 is 0 Å². The quantitative estimate of drug-likeness (QED) is 0.812. The number of carbonyl (C=O) groups excluding carboxylic acids is 1. The van der Waals surface area contributed by atoms with Gasteiger partial charge in [0, 0.05) is 0 Å². The van der Waals surface area contributed by atoms with Crippen LogP contribution in [0.5, 0.6) is 5.75 Å². The van der Waals surface area contributed by atoms with Crippen molar-refractivity contribution in [2.75, 3.05) is 11.9 Å². The van der Waals surface area contributed by atoms with E-state index in [0.29, 0.717) is 18.8 Å². The Balaban J connectivity index is 0.000000557.